The van der Waals surface area contributed by atoms with Gasteiger partial charge >= 0.3 is 0 Å². The molecule has 0 unspecified atom stereocenters. The van der Waals surface area contributed by atoms with Gasteiger partial charge in [-0.2, -0.15) is 0 Å². The highest BCUT2D eigenvalue weighted by molar-refractivity contribution is 6.06. The van der Waals surface area contributed by atoms with Crippen LogP contribution in [0.1, 0.15) is 63.7 Å². The summed E-state index contributed by atoms with van der Waals surface area (Å²) in [6.45, 7) is 0. The molecular weight excluding hydrogens is 941 g/mol. The Hall–Kier alpha value is -10.8. The van der Waals surface area contributed by atoms with E-state index in [1.165, 1.54) is 97.1 Å². The summed E-state index contributed by atoms with van der Waals surface area (Å²) in [5.41, 5.74) is 2.71. The van der Waals surface area contributed by atoms with Crippen molar-refractivity contribution in [2.45, 2.75) is 5.41 Å². The molecule has 360 valence electrons. The molecule has 0 atom stereocenters. The molecule has 0 aliphatic carbocycles. The lowest BCUT2D eigenvalue weighted by atomic mass is 9.65. The Balaban J connectivity index is 1.20. The molecule has 20 nitrogen and oxygen atoms in total. The predicted molar refractivity (Wildman–Crippen MR) is 269 cm³/mol. The first kappa shape index (κ1) is 48.7. The van der Waals surface area contributed by atoms with E-state index in [9.17, 15) is 59.6 Å². The van der Waals surface area contributed by atoms with Crippen molar-refractivity contribution in [3.63, 3.8) is 0 Å². The maximum atomic E-state index is 13.3. The molecule has 0 radical (unpaired) electrons. The zero-order chi connectivity index (χ0) is 51.8. The number of benzene rings is 8. The van der Waals surface area contributed by atoms with E-state index < -0.39 is 48.7 Å². The second kappa shape index (κ2) is 20.9. The average Bonchev–Trinajstić information content (AvgIpc) is 3.40. The third-order valence-electron chi connectivity index (χ3n) is 11.7. The zero-order valence-electron chi connectivity index (χ0n) is 37.7. The molecule has 0 bridgehead atoms. The van der Waals surface area contributed by atoms with Crippen LogP contribution >= 0.6 is 0 Å². The number of anilines is 4. The van der Waals surface area contributed by atoms with Gasteiger partial charge in [0.2, 0.25) is 0 Å². The lowest BCUT2D eigenvalue weighted by Gasteiger charge is -2.37. The molecule has 8 aromatic rings. The first-order valence-electron chi connectivity index (χ1n) is 21.7. The van der Waals surface area contributed by atoms with Gasteiger partial charge in [0.1, 0.15) is 0 Å². The molecule has 0 fully saturated rings. The van der Waals surface area contributed by atoms with Crippen LogP contribution in [0.25, 0.3) is 0 Å². The van der Waals surface area contributed by atoms with Crippen molar-refractivity contribution in [1.29, 1.82) is 0 Å². The Morgan fingerprint density at radius 3 is 0.589 bits per heavy atom. The summed E-state index contributed by atoms with van der Waals surface area (Å²) in [5, 5.41) is 56.1. The highest BCUT2D eigenvalue weighted by Gasteiger charge is 2.39. The van der Waals surface area contributed by atoms with Crippen LogP contribution in [0, 0.1) is 40.5 Å². The van der Waals surface area contributed by atoms with Crippen molar-refractivity contribution in [3.05, 3.63) is 279 Å². The first-order valence-corrected chi connectivity index (χ1v) is 21.7. The molecule has 4 amide bonds. The van der Waals surface area contributed by atoms with Gasteiger partial charge in [-0.25, -0.2) is 0 Å². The van der Waals surface area contributed by atoms with Gasteiger partial charge < -0.3 is 21.3 Å². The van der Waals surface area contributed by atoms with E-state index in [0.29, 0.717) is 45.0 Å². The lowest BCUT2D eigenvalue weighted by molar-refractivity contribution is -0.385. The summed E-state index contributed by atoms with van der Waals surface area (Å²) in [4.78, 5) is 95.8. The summed E-state index contributed by atoms with van der Waals surface area (Å²) in [6, 6.07) is 48.1. The first-order chi connectivity index (χ1) is 35.1. The Morgan fingerprint density at radius 2 is 0.438 bits per heavy atom. The highest BCUT2D eigenvalue weighted by Crippen LogP contribution is 2.46. The van der Waals surface area contributed by atoms with Crippen LogP contribution in [0.4, 0.5) is 45.5 Å². The van der Waals surface area contributed by atoms with E-state index in [0.717, 1.165) is 0 Å². The number of amides is 4. The zero-order valence-corrected chi connectivity index (χ0v) is 37.7. The summed E-state index contributed by atoms with van der Waals surface area (Å²) in [5.74, 6) is -2.12. The van der Waals surface area contributed by atoms with Gasteiger partial charge in [-0.3, -0.25) is 59.6 Å². The summed E-state index contributed by atoms with van der Waals surface area (Å²) in [7, 11) is 0. The van der Waals surface area contributed by atoms with Crippen molar-refractivity contribution >= 4 is 69.1 Å². The van der Waals surface area contributed by atoms with E-state index in [1.54, 1.807) is 97.1 Å². The summed E-state index contributed by atoms with van der Waals surface area (Å²) >= 11 is 0. The number of rotatable bonds is 16. The molecule has 0 saturated carbocycles. The van der Waals surface area contributed by atoms with Crippen molar-refractivity contribution in [2.75, 3.05) is 21.3 Å². The van der Waals surface area contributed by atoms with Gasteiger partial charge in [-0.15, -0.1) is 0 Å². The van der Waals surface area contributed by atoms with Gasteiger partial charge in [0, 0.05) is 93.5 Å². The number of nitro benzene ring substituents is 4. The van der Waals surface area contributed by atoms with Crippen molar-refractivity contribution < 1.29 is 38.9 Å². The molecule has 0 saturated heterocycles. The fourth-order valence-corrected chi connectivity index (χ4v) is 7.97. The van der Waals surface area contributed by atoms with Gasteiger partial charge in [-0.1, -0.05) is 48.5 Å². The molecule has 0 spiro atoms. The van der Waals surface area contributed by atoms with Gasteiger partial charge in [0.15, 0.2) is 0 Å². The number of hydrogen-bond acceptors (Lipinski definition) is 12. The Morgan fingerprint density at radius 1 is 0.274 bits per heavy atom. The molecule has 0 aliphatic heterocycles. The molecule has 0 heterocycles. The molecule has 0 aliphatic rings. The van der Waals surface area contributed by atoms with E-state index in [2.05, 4.69) is 21.3 Å². The average molecular weight is 977 g/mol. The summed E-state index contributed by atoms with van der Waals surface area (Å²) < 4.78 is 0. The smallest absolute Gasteiger partial charge is 0.269 e. The molecule has 0 aromatic heterocycles. The Labute approximate surface area is 412 Å². The highest BCUT2D eigenvalue weighted by atomic mass is 16.6. The standard InChI is InChI=1S/C53H36N8O12/c62-49(33-1-25-45(26-2-33)58(66)67)54-41-17-9-37(10-18-41)53(38-11-19-42(20-12-38)55-50(63)34-3-27-46(28-4-34)59(68)69,39-13-21-43(22-14-39)56-51(64)35-5-29-47(30-6-35)60(70)71)40-15-23-44(24-16-40)57-52(65)36-7-31-48(32-8-36)61(72)73/h1-32H,(H,54,62)(H,55,63)(H,56,64)(H,57,65). The normalized spacial score (nSPS) is 10.8. The van der Waals surface area contributed by atoms with E-state index in [1.807, 2.05) is 0 Å². The van der Waals surface area contributed by atoms with Crippen LogP contribution in [0.2, 0.25) is 0 Å². The Bertz CT molecular complexity index is 2960. The third-order valence-corrected chi connectivity index (χ3v) is 11.7. The van der Waals surface area contributed by atoms with Crippen molar-refractivity contribution in [3.8, 4) is 0 Å². The van der Waals surface area contributed by atoms with Crippen LogP contribution < -0.4 is 21.3 Å². The molecule has 4 N–H and O–H groups in total. The quantitative estimate of drug-likeness (QED) is 0.0399. The second-order valence-corrected chi connectivity index (χ2v) is 16.1. The SMILES string of the molecule is O=C(Nc1ccc(C(c2ccc(NC(=O)c3ccc([N+](=O)[O-])cc3)cc2)(c2ccc(NC(=O)c3ccc([N+](=O)[O-])cc3)cc2)c2ccc(NC(=O)c3ccc([N+](=O)[O-])cc3)cc2)cc1)c1ccc([N+](=O)[O-])cc1. The van der Waals surface area contributed by atoms with Crippen molar-refractivity contribution in [1.82, 2.24) is 0 Å². The number of nitrogens with one attached hydrogen (secondary N) is 4. The third kappa shape index (κ3) is 10.8. The number of nitrogens with zero attached hydrogens (tertiary/aromatic N) is 4. The fourth-order valence-electron chi connectivity index (χ4n) is 7.97. The van der Waals surface area contributed by atoms with Crippen LogP contribution in [-0.2, 0) is 5.41 Å². The predicted octanol–water partition coefficient (Wildman–Crippen LogP) is 10.7. The largest absolute Gasteiger partial charge is 0.322 e. The minimum absolute atomic E-state index is 0.173. The number of hydrogen-bond donors (Lipinski definition) is 4. The monoisotopic (exact) mass is 976 g/mol. The summed E-state index contributed by atoms with van der Waals surface area (Å²) in [6.07, 6.45) is 0. The molecule has 8 aromatic carbocycles. The number of non-ortho nitro benzene ring substituents is 4. The molecular formula is C53H36N8O12. The topological polar surface area (TPSA) is 289 Å². The van der Waals surface area contributed by atoms with E-state index in [4.69, 9.17) is 0 Å². The number of carbonyl (C=O) groups excluding carboxylic acids is 4. The minimum atomic E-state index is -1.27. The number of carbonyl (C=O) groups is 4. The maximum Gasteiger partial charge on any atom is 0.269 e. The van der Waals surface area contributed by atoms with Crippen LogP contribution in [0.3, 0.4) is 0 Å². The maximum absolute atomic E-state index is 13.3. The van der Waals surface area contributed by atoms with Gasteiger partial charge in [0.25, 0.3) is 46.4 Å². The molecule has 8 rings (SSSR count). The fraction of sp³-hybridized carbons (Fsp3) is 0.0189. The Kier molecular flexibility index (Phi) is 13.9. The van der Waals surface area contributed by atoms with Gasteiger partial charge in [-0.05, 0) is 119 Å². The number of nitro groups is 4. The van der Waals surface area contributed by atoms with Crippen LogP contribution in [0.5, 0.6) is 0 Å². The second-order valence-electron chi connectivity index (χ2n) is 16.1. The van der Waals surface area contributed by atoms with Crippen LogP contribution in [-0.4, -0.2) is 43.3 Å². The lowest BCUT2D eigenvalue weighted by Crippen LogP contribution is -2.31. The molecule has 73 heavy (non-hydrogen) atoms. The van der Waals surface area contributed by atoms with Gasteiger partial charge in [0.05, 0.1) is 25.1 Å². The minimum Gasteiger partial charge on any atom is -0.322 e. The molecule has 20 heteroatoms. The van der Waals surface area contributed by atoms with Crippen LogP contribution in [0.15, 0.2) is 194 Å². The van der Waals surface area contributed by atoms with E-state index >= 15 is 0 Å². The van der Waals surface area contributed by atoms with Crippen molar-refractivity contribution in [2.24, 2.45) is 0 Å². The van der Waals surface area contributed by atoms with E-state index in [-0.39, 0.29) is 45.0 Å².